The number of sulfonamides is 1. The fraction of sp³-hybridized carbons (Fsp3) is 0.237. The van der Waals surface area contributed by atoms with Crippen LogP contribution in [0.2, 0.25) is 5.02 Å². The Morgan fingerprint density at radius 2 is 1.69 bits per heavy atom. The molecule has 2 atom stereocenters. The number of hydrogen-bond acceptors (Lipinski definition) is 10. The van der Waals surface area contributed by atoms with Crippen molar-refractivity contribution in [3.05, 3.63) is 107 Å². The van der Waals surface area contributed by atoms with E-state index < -0.39 is 51.9 Å². The van der Waals surface area contributed by atoms with Crippen molar-refractivity contribution in [3.8, 4) is 17.2 Å². The van der Waals surface area contributed by atoms with Crippen molar-refractivity contribution in [2.24, 2.45) is 4.99 Å². The number of carboxylic acid groups (broad SMARTS) is 1. The topological polar surface area (TPSA) is 184 Å². The van der Waals surface area contributed by atoms with Gasteiger partial charge in [0.25, 0.3) is 28.1 Å². The summed E-state index contributed by atoms with van der Waals surface area (Å²) in [6, 6.07) is 18.1. The lowest BCUT2D eigenvalue weighted by atomic mass is 10.1. The molecule has 4 aromatic rings. The Balaban J connectivity index is 1.41. The molecule has 0 spiro atoms. The highest BCUT2D eigenvalue weighted by molar-refractivity contribution is 7.90. The number of amides is 4. The molecule has 0 bridgehead atoms. The molecular weight excluding hydrogens is 754 g/mol. The summed E-state index contributed by atoms with van der Waals surface area (Å²) in [4.78, 5) is 60.3. The average Bonchev–Trinajstić information content (AvgIpc) is 3.34. The standard InChI is InChI=1S/C38H36ClN5O10S/c1-22-10-16-29(23(2)20-22)53-19-7-18-43-33(40-27-8-5-6-9-31(27)55(43,50)51)32(34(45)41-28-21-25(39)13-17-30(28)52-4)44-35(46)36(42(3)38(44)49)54-26-14-11-24(12-15-26)37(47)48/h5-6,8-17,20-21,32,36H,7,18-19H2,1-4H3,(H,41,45)(H,47,48). The van der Waals surface area contributed by atoms with Gasteiger partial charge in [0.2, 0.25) is 0 Å². The van der Waals surface area contributed by atoms with Gasteiger partial charge in [-0.3, -0.25) is 18.8 Å². The number of amidine groups is 1. The Morgan fingerprint density at radius 1 is 0.982 bits per heavy atom. The average molecular weight is 790 g/mol. The van der Waals surface area contributed by atoms with Gasteiger partial charge in [0.05, 0.1) is 30.7 Å². The van der Waals surface area contributed by atoms with E-state index in [0.717, 1.165) is 20.3 Å². The maximum absolute atomic E-state index is 14.6. The van der Waals surface area contributed by atoms with Gasteiger partial charge in [-0.1, -0.05) is 41.4 Å². The van der Waals surface area contributed by atoms with Gasteiger partial charge in [-0.15, -0.1) is 0 Å². The van der Waals surface area contributed by atoms with Crippen molar-refractivity contribution >= 4 is 62.6 Å². The summed E-state index contributed by atoms with van der Waals surface area (Å²) in [5.74, 6) is -2.83. The highest BCUT2D eigenvalue weighted by Gasteiger charge is 2.54. The molecule has 1 saturated heterocycles. The number of halogens is 1. The van der Waals surface area contributed by atoms with Crippen LogP contribution < -0.4 is 19.5 Å². The maximum Gasteiger partial charge on any atom is 0.335 e. The number of aromatic carboxylic acids is 1. The first kappa shape index (κ1) is 38.6. The number of aliphatic imine (C=N–C) groups is 1. The Kier molecular flexibility index (Phi) is 11.0. The van der Waals surface area contributed by atoms with Crippen molar-refractivity contribution in [3.63, 3.8) is 0 Å². The lowest BCUT2D eigenvalue weighted by molar-refractivity contribution is -0.138. The third-order valence-electron chi connectivity index (χ3n) is 8.85. The summed E-state index contributed by atoms with van der Waals surface area (Å²) in [5, 5.41) is 12.2. The van der Waals surface area contributed by atoms with Crippen LogP contribution in [0.25, 0.3) is 0 Å². The molecule has 0 aromatic heterocycles. The maximum atomic E-state index is 14.6. The van der Waals surface area contributed by atoms with Gasteiger partial charge in [0.1, 0.15) is 22.1 Å². The first-order valence-corrected chi connectivity index (χ1v) is 18.7. The smallest absolute Gasteiger partial charge is 0.335 e. The van der Waals surface area contributed by atoms with Gasteiger partial charge in [-0.05, 0) is 80.1 Å². The molecule has 4 amide bonds. The van der Waals surface area contributed by atoms with E-state index in [-0.39, 0.29) is 57.9 Å². The van der Waals surface area contributed by atoms with Crippen LogP contribution in [0.5, 0.6) is 17.2 Å². The van der Waals surface area contributed by atoms with Crippen LogP contribution in [0.15, 0.2) is 94.8 Å². The molecule has 2 heterocycles. The van der Waals surface area contributed by atoms with Crippen molar-refractivity contribution in [2.75, 3.05) is 32.6 Å². The highest BCUT2D eigenvalue weighted by Crippen LogP contribution is 2.36. The molecule has 2 aliphatic rings. The van der Waals surface area contributed by atoms with E-state index >= 15 is 0 Å². The molecular formula is C38H36ClN5O10S. The zero-order valence-electron chi connectivity index (χ0n) is 30.1. The van der Waals surface area contributed by atoms with Crippen molar-refractivity contribution in [1.82, 2.24) is 14.1 Å². The Labute approximate surface area is 321 Å². The van der Waals surface area contributed by atoms with Gasteiger partial charge in [-0.25, -0.2) is 27.9 Å². The number of nitrogens with zero attached hydrogens (tertiary/aromatic N) is 4. The number of aryl methyl sites for hydroxylation is 2. The summed E-state index contributed by atoms with van der Waals surface area (Å²) >= 11 is 6.25. The molecule has 0 saturated carbocycles. The van der Waals surface area contributed by atoms with Crippen molar-refractivity contribution < 1.29 is 46.9 Å². The molecule has 0 aliphatic carbocycles. The molecule has 6 rings (SSSR count). The first-order chi connectivity index (χ1) is 26.2. The summed E-state index contributed by atoms with van der Waals surface area (Å²) in [7, 11) is -1.81. The lowest BCUT2D eigenvalue weighted by Crippen LogP contribution is -2.59. The fourth-order valence-electron chi connectivity index (χ4n) is 6.12. The largest absolute Gasteiger partial charge is 0.495 e. The number of fused-ring (bicyclic) bond motifs is 1. The number of nitrogens with one attached hydrogen (secondary N) is 1. The van der Waals surface area contributed by atoms with E-state index in [2.05, 4.69) is 10.3 Å². The zero-order chi connectivity index (χ0) is 39.6. The van der Waals surface area contributed by atoms with Crippen molar-refractivity contribution in [2.45, 2.75) is 37.4 Å². The van der Waals surface area contributed by atoms with Gasteiger partial charge in [0.15, 0.2) is 11.9 Å². The molecule has 286 valence electrons. The summed E-state index contributed by atoms with van der Waals surface area (Å²) in [5.41, 5.74) is 1.94. The third kappa shape index (κ3) is 7.77. The molecule has 2 N–H and O–H groups in total. The molecule has 55 heavy (non-hydrogen) atoms. The molecule has 2 unspecified atom stereocenters. The number of para-hydroxylation sites is 1. The second-order valence-electron chi connectivity index (χ2n) is 12.6. The van der Waals surface area contributed by atoms with Crippen LogP contribution in [-0.4, -0.2) is 96.9 Å². The number of ether oxygens (including phenoxy) is 3. The summed E-state index contributed by atoms with van der Waals surface area (Å²) in [6.07, 6.45) is -1.52. The molecule has 4 aromatic carbocycles. The fourth-order valence-corrected chi connectivity index (χ4v) is 7.92. The van der Waals surface area contributed by atoms with Crippen LogP contribution in [0, 0.1) is 13.8 Å². The van der Waals surface area contributed by atoms with Gasteiger partial charge >= 0.3 is 12.0 Å². The number of urea groups is 1. The van der Waals surface area contributed by atoms with E-state index in [1.807, 2.05) is 32.0 Å². The lowest BCUT2D eigenvalue weighted by Gasteiger charge is -2.35. The number of imide groups is 1. The number of carbonyl (C=O) groups is 4. The van der Waals surface area contributed by atoms with E-state index in [1.165, 1.54) is 74.8 Å². The van der Waals surface area contributed by atoms with Crippen molar-refractivity contribution in [1.29, 1.82) is 0 Å². The van der Waals surface area contributed by atoms with Crippen LogP contribution >= 0.6 is 11.6 Å². The predicted molar refractivity (Wildman–Crippen MR) is 202 cm³/mol. The number of likely N-dealkylation sites (N-methyl/N-ethyl adjacent to an activating group) is 1. The highest BCUT2D eigenvalue weighted by atomic mass is 35.5. The number of hydrogen-bond donors (Lipinski definition) is 2. The van der Waals surface area contributed by atoms with E-state index in [1.54, 1.807) is 6.07 Å². The number of methoxy groups -OCH3 is 1. The molecule has 1 fully saturated rings. The normalized spacial score (nSPS) is 16.6. The Morgan fingerprint density at radius 3 is 2.38 bits per heavy atom. The first-order valence-electron chi connectivity index (χ1n) is 16.9. The monoisotopic (exact) mass is 789 g/mol. The quantitative estimate of drug-likeness (QED) is 0.130. The molecule has 15 nitrogen and oxygen atoms in total. The summed E-state index contributed by atoms with van der Waals surface area (Å²) in [6.45, 7) is 3.65. The second kappa shape index (κ2) is 15.7. The van der Waals surface area contributed by atoms with Gasteiger partial charge in [-0.2, -0.15) is 0 Å². The van der Waals surface area contributed by atoms with Gasteiger partial charge < -0.3 is 24.6 Å². The predicted octanol–water partition coefficient (Wildman–Crippen LogP) is 5.47. The number of anilines is 1. The third-order valence-corrected chi connectivity index (χ3v) is 10.9. The van der Waals surface area contributed by atoms with Gasteiger partial charge in [0, 0.05) is 25.0 Å². The van der Waals surface area contributed by atoms with Crippen LogP contribution in [0.1, 0.15) is 27.9 Å². The summed E-state index contributed by atoms with van der Waals surface area (Å²) < 4.78 is 46.9. The molecule has 17 heteroatoms. The number of carboxylic acids is 1. The zero-order valence-corrected chi connectivity index (χ0v) is 31.6. The van der Waals surface area contributed by atoms with Crippen LogP contribution in [-0.2, 0) is 19.6 Å². The minimum Gasteiger partial charge on any atom is -0.495 e. The number of benzene rings is 4. The minimum atomic E-state index is -4.43. The second-order valence-corrected chi connectivity index (χ2v) is 14.9. The molecule has 0 radical (unpaired) electrons. The Bertz CT molecular complexity index is 2320. The molecule has 2 aliphatic heterocycles. The Hall–Kier alpha value is -6.13. The number of rotatable bonds is 13. The SMILES string of the molecule is COc1ccc(Cl)cc1NC(=O)C(C1=Nc2ccccc2S(=O)(=O)N1CCCOc1ccc(C)cc1C)N1C(=O)C(Oc2ccc(C(=O)O)cc2)N(C)C1=O. The van der Waals surface area contributed by atoms with E-state index in [9.17, 15) is 32.7 Å². The van der Waals surface area contributed by atoms with E-state index in [0.29, 0.717) is 10.6 Å². The minimum absolute atomic E-state index is 0.0165. The van der Waals surface area contributed by atoms with Crippen LogP contribution in [0.4, 0.5) is 16.2 Å². The van der Waals surface area contributed by atoms with Crippen LogP contribution in [0.3, 0.4) is 0 Å². The number of carbonyl (C=O) groups excluding carboxylic acids is 3. The van der Waals surface area contributed by atoms with E-state index in [4.69, 9.17) is 25.8 Å².